The highest BCUT2D eigenvalue weighted by atomic mass is 16.3. The van der Waals surface area contributed by atoms with Crippen LogP contribution in [0.3, 0.4) is 0 Å². The number of aromatic amines is 1. The summed E-state index contributed by atoms with van der Waals surface area (Å²) in [5.74, 6) is 0.699. The van der Waals surface area contributed by atoms with Gasteiger partial charge in [0.2, 0.25) is 0 Å². The van der Waals surface area contributed by atoms with Gasteiger partial charge in [0.05, 0.1) is 6.04 Å². The molecule has 1 aliphatic rings. The summed E-state index contributed by atoms with van der Waals surface area (Å²) in [6.07, 6.45) is 2.34. The molecule has 4 aromatic rings. The predicted octanol–water partition coefficient (Wildman–Crippen LogP) is 3.98. The zero-order valence-corrected chi connectivity index (χ0v) is 18.7. The Hall–Kier alpha value is -3.48. The fourth-order valence-corrected chi connectivity index (χ4v) is 4.70. The highest BCUT2D eigenvalue weighted by Crippen LogP contribution is 2.30. The molecular formula is C27H28N4O2. The fourth-order valence-electron chi connectivity index (χ4n) is 4.70. The molecule has 2 N–H and O–H groups in total. The monoisotopic (exact) mass is 440 g/mol. The maximum absolute atomic E-state index is 13.5. The minimum absolute atomic E-state index is 0.259. The Labute approximate surface area is 193 Å². The van der Waals surface area contributed by atoms with Crippen molar-refractivity contribution in [2.45, 2.75) is 19.1 Å². The molecule has 0 radical (unpaired) electrons. The molecule has 0 amide bonds. The third kappa shape index (κ3) is 4.27. The number of pyridine rings is 1. The molecule has 1 saturated heterocycles. The number of nitrogens with one attached hydrogen (secondary N) is 1. The van der Waals surface area contributed by atoms with Gasteiger partial charge in [0.25, 0.3) is 0 Å². The molecular weight excluding hydrogens is 412 g/mol. The van der Waals surface area contributed by atoms with E-state index in [1.807, 2.05) is 73.7 Å². The average molecular weight is 441 g/mol. The number of aliphatic hydroxyl groups excluding tert-OH is 1. The second-order valence-electron chi connectivity index (χ2n) is 8.62. The summed E-state index contributed by atoms with van der Waals surface area (Å²) in [6, 6.07) is 21.3. The zero-order valence-electron chi connectivity index (χ0n) is 18.7. The lowest BCUT2D eigenvalue weighted by atomic mass is 9.92. The van der Waals surface area contributed by atoms with Crippen LogP contribution < -0.4 is 4.90 Å². The van der Waals surface area contributed by atoms with Crippen LogP contribution in [0.2, 0.25) is 0 Å². The molecule has 1 aliphatic heterocycles. The molecule has 2 aromatic heterocycles. The molecule has 0 unspecified atom stereocenters. The Kier molecular flexibility index (Phi) is 5.94. The number of rotatable bonds is 6. The lowest BCUT2D eigenvalue weighted by molar-refractivity contribution is 0.0365. The van der Waals surface area contributed by atoms with Crippen LogP contribution in [0, 0.1) is 6.92 Å². The van der Waals surface area contributed by atoms with Gasteiger partial charge >= 0.3 is 0 Å². The molecule has 168 valence electrons. The van der Waals surface area contributed by atoms with Gasteiger partial charge in [0, 0.05) is 55.0 Å². The van der Waals surface area contributed by atoms with Gasteiger partial charge in [-0.15, -0.1) is 0 Å². The van der Waals surface area contributed by atoms with Crippen molar-refractivity contribution in [1.29, 1.82) is 0 Å². The number of aliphatic hydroxyl groups is 1. The van der Waals surface area contributed by atoms with Crippen molar-refractivity contribution in [3.63, 3.8) is 0 Å². The van der Waals surface area contributed by atoms with E-state index in [0.29, 0.717) is 5.56 Å². The van der Waals surface area contributed by atoms with Crippen molar-refractivity contribution < 1.29 is 9.90 Å². The number of para-hydroxylation sites is 1. The van der Waals surface area contributed by atoms with Crippen LogP contribution in [0.4, 0.5) is 5.82 Å². The van der Waals surface area contributed by atoms with Gasteiger partial charge in [0.1, 0.15) is 11.9 Å². The van der Waals surface area contributed by atoms with Crippen LogP contribution in [0.25, 0.3) is 10.9 Å². The number of hydrogen-bond donors (Lipinski definition) is 2. The van der Waals surface area contributed by atoms with E-state index in [-0.39, 0.29) is 5.78 Å². The molecule has 2 aromatic carbocycles. The second-order valence-corrected chi connectivity index (χ2v) is 8.62. The van der Waals surface area contributed by atoms with Gasteiger partial charge in [-0.05, 0) is 30.7 Å². The van der Waals surface area contributed by atoms with Crippen LogP contribution in [0.1, 0.15) is 27.5 Å². The number of fused-ring (bicyclic) bond motifs is 1. The Balaban J connectivity index is 1.42. The van der Waals surface area contributed by atoms with E-state index in [0.717, 1.165) is 54.0 Å². The van der Waals surface area contributed by atoms with Gasteiger partial charge in [-0.25, -0.2) is 4.98 Å². The van der Waals surface area contributed by atoms with Crippen molar-refractivity contribution in [2.75, 3.05) is 31.1 Å². The predicted molar refractivity (Wildman–Crippen MR) is 131 cm³/mol. The molecule has 6 nitrogen and oxygen atoms in total. The number of carbonyl (C=O) groups excluding carboxylic acids is 1. The SMILES string of the molecule is Cc1ccc([C@@H]([C@H](O)C(=O)c2c[nH]c3ccccc23)N2CCN(c3ccccn3)CC2)cc1. The first-order valence-corrected chi connectivity index (χ1v) is 11.4. The average Bonchev–Trinajstić information content (AvgIpc) is 3.30. The quantitative estimate of drug-likeness (QED) is 0.444. The first-order chi connectivity index (χ1) is 16.1. The number of aryl methyl sites for hydroxylation is 1. The van der Waals surface area contributed by atoms with Crippen molar-refractivity contribution >= 4 is 22.5 Å². The fraction of sp³-hybridized carbons (Fsp3) is 0.259. The Morgan fingerprint density at radius 2 is 1.70 bits per heavy atom. The van der Waals surface area contributed by atoms with Gasteiger partial charge in [0.15, 0.2) is 5.78 Å². The molecule has 6 heteroatoms. The Bertz CT molecular complexity index is 1230. The number of H-pyrrole nitrogens is 1. The maximum Gasteiger partial charge on any atom is 0.195 e. The van der Waals surface area contributed by atoms with Crippen LogP contribution in [-0.2, 0) is 0 Å². The molecule has 3 heterocycles. The summed E-state index contributed by atoms with van der Waals surface area (Å²) in [6.45, 7) is 5.07. The van der Waals surface area contributed by atoms with Crippen molar-refractivity contribution in [3.8, 4) is 0 Å². The smallest absolute Gasteiger partial charge is 0.195 e. The molecule has 0 bridgehead atoms. The summed E-state index contributed by atoms with van der Waals surface area (Å²) >= 11 is 0. The minimum atomic E-state index is -1.17. The maximum atomic E-state index is 13.5. The highest BCUT2D eigenvalue weighted by molar-refractivity contribution is 6.10. The van der Waals surface area contributed by atoms with E-state index < -0.39 is 12.1 Å². The van der Waals surface area contributed by atoms with Crippen LogP contribution in [0.15, 0.2) is 79.1 Å². The molecule has 5 rings (SSSR count). The van der Waals surface area contributed by atoms with Crippen LogP contribution in [-0.4, -0.2) is 58.0 Å². The number of hydrogen-bond acceptors (Lipinski definition) is 5. The normalized spacial score (nSPS) is 16.6. The van der Waals surface area contributed by atoms with Gasteiger partial charge in [-0.3, -0.25) is 9.69 Å². The summed E-state index contributed by atoms with van der Waals surface area (Å²) in [5, 5.41) is 12.3. The highest BCUT2D eigenvalue weighted by Gasteiger charge is 2.35. The number of benzene rings is 2. The van der Waals surface area contributed by atoms with Crippen molar-refractivity contribution in [3.05, 3.63) is 95.8 Å². The van der Waals surface area contributed by atoms with E-state index in [1.165, 1.54) is 0 Å². The summed E-state index contributed by atoms with van der Waals surface area (Å²) in [7, 11) is 0. The Morgan fingerprint density at radius 3 is 2.42 bits per heavy atom. The first kappa shape index (κ1) is 21.4. The van der Waals surface area contributed by atoms with E-state index in [2.05, 4.69) is 19.8 Å². The molecule has 0 spiro atoms. The van der Waals surface area contributed by atoms with Crippen molar-refractivity contribution in [1.82, 2.24) is 14.9 Å². The van der Waals surface area contributed by atoms with E-state index in [9.17, 15) is 9.90 Å². The summed E-state index contributed by atoms with van der Waals surface area (Å²) in [4.78, 5) is 25.6. The molecule has 2 atom stereocenters. The number of carbonyl (C=O) groups is 1. The second kappa shape index (κ2) is 9.17. The lowest BCUT2D eigenvalue weighted by Gasteiger charge is -2.41. The third-order valence-corrected chi connectivity index (χ3v) is 6.52. The number of nitrogens with zero attached hydrogens (tertiary/aromatic N) is 3. The van der Waals surface area contributed by atoms with Crippen molar-refractivity contribution in [2.24, 2.45) is 0 Å². The summed E-state index contributed by atoms with van der Waals surface area (Å²) in [5.41, 5.74) is 3.52. The molecule has 33 heavy (non-hydrogen) atoms. The molecule has 0 aliphatic carbocycles. The van der Waals surface area contributed by atoms with Crippen LogP contribution >= 0.6 is 0 Å². The Morgan fingerprint density at radius 1 is 0.970 bits per heavy atom. The van der Waals surface area contributed by atoms with E-state index >= 15 is 0 Å². The third-order valence-electron chi connectivity index (χ3n) is 6.52. The molecule has 1 fully saturated rings. The summed E-state index contributed by atoms with van der Waals surface area (Å²) < 4.78 is 0. The standard InChI is InChI=1S/C27H28N4O2/c1-19-9-11-20(12-10-19)25(31-16-14-30(15-17-31)24-8-4-5-13-28-24)27(33)26(32)22-18-29-23-7-3-2-6-21(22)23/h2-13,18,25,27,29,33H,14-17H2,1H3/t25-,27-/m0/s1. The largest absolute Gasteiger partial charge is 0.383 e. The van der Waals surface area contributed by atoms with E-state index in [1.54, 1.807) is 12.4 Å². The van der Waals surface area contributed by atoms with Gasteiger partial charge < -0.3 is 15.0 Å². The number of Topliss-reactive ketones (excluding diaryl/α,β-unsaturated/α-hetero) is 1. The van der Waals surface area contributed by atoms with E-state index in [4.69, 9.17) is 0 Å². The zero-order chi connectivity index (χ0) is 22.8. The minimum Gasteiger partial charge on any atom is -0.383 e. The van der Waals surface area contributed by atoms with Gasteiger partial charge in [-0.2, -0.15) is 0 Å². The lowest BCUT2D eigenvalue weighted by Crippen LogP contribution is -2.51. The first-order valence-electron chi connectivity index (χ1n) is 11.4. The number of ketones is 1. The molecule has 0 saturated carbocycles. The van der Waals surface area contributed by atoms with Gasteiger partial charge in [-0.1, -0.05) is 54.1 Å². The number of piperazine rings is 1. The van der Waals surface area contributed by atoms with Crippen LogP contribution in [0.5, 0.6) is 0 Å². The number of anilines is 1. The number of aromatic nitrogens is 2. The topological polar surface area (TPSA) is 72.5 Å².